The first-order chi connectivity index (χ1) is 5.22. The highest BCUT2D eigenvalue weighted by Crippen LogP contribution is 2.04. The van der Waals surface area contributed by atoms with Crippen molar-refractivity contribution in [3.8, 4) is 0 Å². The van der Waals surface area contributed by atoms with E-state index >= 15 is 0 Å². The van der Waals surface area contributed by atoms with Gasteiger partial charge in [-0.05, 0) is 6.42 Å². The average molecular weight is 158 g/mol. The molecule has 1 fully saturated rings. The maximum absolute atomic E-state index is 10.6. The molecule has 3 N–H and O–H groups in total. The van der Waals surface area contributed by atoms with E-state index in [0.29, 0.717) is 0 Å². The summed E-state index contributed by atoms with van der Waals surface area (Å²) in [5.41, 5.74) is 0. The van der Waals surface area contributed by atoms with Crippen LogP contribution in [0.3, 0.4) is 0 Å². The molecule has 0 unspecified atom stereocenters. The van der Waals surface area contributed by atoms with Crippen molar-refractivity contribution < 1.29 is 9.90 Å². The Morgan fingerprint density at radius 2 is 2.55 bits per heavy atom. The molecule has 0 saturated carbocycles. The molecule has 11 heavy (non-hydrogen) atoms. The summed E-state index contributed by atoms with van der Waals surface area (Å²) in [7, 11) is 0. The van der Waals surface area contributed by atoms with Gasteiger partial charge in [0.05, 0.1) is 6.61 Å². The lowest BCUT2D eigenvalue weighted by atomic mass is 10.2. The lowest BCUT2D eigenvalue weighted by Gasteiger charge is -2.08. The maximum atomic E-state index is 10.6. The van der Waals surface area contributed by atoms with Crippen molar-refractivity contribution >= 4 is 5.91 Å². The molecule has 0 aliphatic carbocycles. The van der Waals surface area contributed by atoms with Gasteiger partial charge in [-0.2, -0.15) is 0 Å². The highest BCUT2D eigenvalue weighted by atomic mass is 16.3. The van der Waals surface area contributed by atoms with Gasteiger partial charge in [0.2, 0.25) is 5.91 Å². The summed E-state index contributed by atoms with van der Waals surface area (Å²) in [5, 5.41) is 14.6. The van der Waals surface area contributed by atoms with Crippen LogP contribution in [-0.4, -0.2) is 36.2 Å². The molecule has 0 aromatic rings. The van der Waals surface area contributed by atoms with Gasteiger partial charge in [0.1, 0.15) is 0 Å². The molecule has 1 saturated heterocycles. The topological polar surface area (TPSA) is 61.4 Å². The number of amides is 1. The van der Waals surface area contributed by atoms with Gasteiger partial charge in [0.15, 0.2) is 0 Å². The second-order valence-electron chi connectivity index (χ2n) is 2.92. The molecule has 2 atom stereocenters. The van der Waals surface area contributed by atoms with E-state index in [4.69, 9.17) is 5.11 Å². The summed E-state index contributed by atoms with van der Waals surface area (Å²) in [5.74, 6) is -0.00427. The third-order valence-corrected chi connectivity index (χ3v) is 1.85. The number of hydrogen-bond acceptors (Lipinski definition) is 3. The highest BCUT2D eigenvalue weighted by molar-refractivity contribution is 5.73. The molecular formula is C7H14N2O2. The minimum atomic E-state index is -0.00427. The molecular weight excluding hydrogens is 144 g/mol. The van der Waals surface area contributed by atoms with Gasteiger partial charge < -0.3 is 15.7 Å². The largest absolute Gasteiger partial charge is 0.395 e. The lowest BCUT2D eigenvalue weighted by molar-refractivity contribution is -0.119. The molecule has 64 valence electrons. The van der Waals surface area contributed by atoms with E-state index in [2.05, 4.69) is 10.6 Å². The number of nitrogens with one attached hydrogen (secondary N) is 2. The maximum Gasteiger partial charge on any atom is 0.217 e. The molecule has 4 nitrogen and oxygen atoms in total. The summed E-state index contributed by atoms with van der Waals surface area (Å²) in [6.45, 7) is 2.42. The van der Waals surface area contributed by atoms with E-state index in [-0.39, 0.29) is 24.6 Å². The van der Waals surface area contributed by atoms with Crippen molar-refractivity contribution in [1.82, 2.24) is 10.6 Å². The zero-order valence-corrected chi connectivity index (χ0v) is 6.63. The van der Waals surface area contributed by atoms with Crippen molar-refractivity contribution in [2.24, 2.45) is 0 Å². The Kier molecular flexibility index (Phi) is 2.84. The first kappa shape index (κ1) is 8.49. The van der Waals surface area contributed by atoms with Crippen LogP contribution in [0.15, 0.2) is 0 Å². The predicted octanol–water partition coefficient (Wildman–Crippen LogP) is -1.15. The molecule has 0 radical (unpaired) electrons. The van der Waals surface area contributed by atoms with Crippen LogP contribution in [0.5, 0.6) is 0 Å². The number of carbonyl (C=O) groups excluding carboxylic acids is 1. The van der Waals surface area contributed by atoms with Crippen LogP contribution in [0.2, 0.25) is 0 Å². The Bertz CT molecular complexity index is 149. The van der Waals surface area contributed by atoms with Crippen LogP contribution in [-0.2, 0) is 4.79 Å². The monoisotopic (exact) mass is 158 g/mol. The molecule has 1 heterocycles. The Morgan fingerprint density at radius 3 is 3.00 bits per heavy atom. The zero-order chi connectivity index (χ0) is 8.27. The van der Waals surface area contributed by atoms with Gasteiger partial charge in [-0.25, -0.2) is 0 Å². The molecule has 0 bridgehead atoms. The van der Waals surface area contributed by atoms with Crippen LogP contribution in [0.1, 0.15) is 13.3 Å². The number of aliphatic hydroxyl groups is 1. The second kappa shape index (κ2) is 3.69. The molecule has 0 spiro atoms. The van der Waals surface area contributed by atoms with Gasteiger partial charge in [-0.1, -0.05) is 0 Å². The van der Waals surface area contributed by atoms with E-state index < -0.39 is 0 Å². The Labute approximate surface area is 66.0 Å². The van der Waals surface area contributed by atoms with Gasteiger partial charge in [0, 0.05) is 25.6 Å². The van der Waals surface area contributed by atoms with Crippen LogP contribution < -0.4 is 10.6 Å². The van der Waals surface area contributed by atoms with Crippen LogP contribution in [0, 0.1) is 0 Å². The highest BCUT2D eigenvalue weighted by Gasteiger charge is 2.23. The molecule has 0 aromatic carbocycles. The van der Waals surface area contributed by atoms with Gasteiger partial charge in [-0.15, -0.1) is 0 Å². The summed E-state index contributed by atoms with van der Waals surface area (Å²) in [6.07, 6.45) is 0.829. The van der Waals surface area contributed by atoms with Crippen molar-refractivity contribution in [2.75, 3.05) is 13.2 Å². The molecule has 1 amide bonds. The Morgan fingerprint density at radius 1 is 1.82 bits per heavy atom. The number of aliphatic hydroxyl groups excluding tert-OH is 1. The summed E-state index contributed by atoms with van der Waals surface area (Å²) < 4.78 is 0. The number of rotatable bonds is 2. The fourth-order valence-corrected chi connectivity index (χ4v) is 1.36. The fraction of sp³-hybridized carbons (Fsp3) is 0.857. The SMILES string of the molecule is CC(=O)N[C@H]1CN[C@H](CO)C1. The number of carbonyl (C=O) groups is 1. The quantitative estimate of drug-likeness (QED) is 0.475. The fourth-order valence-electron chi connectivity index (χ4n) is 1.36. The molecule has 1 aliphatic heterocycles. The van der Waals surface area contributed by atoms with Crippen molar-refractivity contribution in [3.63, 3.8) is 0 Å². The molecule has 1 rings (SSSR count). The van der Waals surface area contributed by atoms with Gasteiger partial charge in [-0.3, -0.25) is 4.79 Å². The Hall–Kier alpha value is -0.610. The predicted molar refractivity (Wildman–Crippen MR) is 41.1 cm³/mol. The zero-order valence-electron chi connectivity index (χ0n) is 6.63. The van der Waals surface area contributed by atoms with Crippen LogP contribution in [0.25, 0.3) is 0 Å². The van der Waals surface area contributed by atoms with E-state index in [1.807, 2.05) is 0 Å². The minimum absolute atomic E-state index is 0.00427. The standard InChI is InChI=1S/C7H14N2O2/c1-5(11)9-6-2-7(4-10)8-3-6/h6-8,10H,2-4H2,1H3,(H,9,11)/t6-,7+/m1/s1. The summed E-state index contributed by atoms with van der Waals surface area (Å²) in [6, 6.07) is 0.358. The minimum Gasteiger partial charge on any atom is -0.395 e. The van der Waals surface area contributed by atoms with Crippen molar-refractivity contribution in [2.45, 2.75) is 25.4 Å². The third-order valence-electron chi connectivity index (χ3n) is 1.85. The normalized spacial score (nSPS) is 30.4. The molecule has 1 aliphatic rings. The second-order valence-corrected chi connectivity index (χ2v) is 2.92. The lowest BCUT2D eigenvalue weighted by Crippen LogP contribution is -2.34. The van der Waals surface area contributed by atoms with Crippen LogP contribution >= 0.6 is 0 Å². The summed E-state index contributed by atoms with van der Waals surface area (Å²) >= 11 is 0. The van der Waals surface area contributed by atoms with Crippen LogP contribution in [0.4, 0.5) is 0 Å². The van der Waals surface area contributed by atoms with E-state index in [1.54, 1.807) is 0 Å². The van der Waals surface area contributed by atoms with Gasteiger partial charge >= 0.3 is 0 Å². The van der Waals surface area contributed by atoms with E-state index in [1.165, 1.54) is 6.92 Å². The first-order valence-corrected chi connectivity index (χ1v) is 3.83. The third kappa shape index (κ3) is 2.48. The van der Waals surface area contributed by atoms with E-state index in [9.17, 15) is 4.79 Å². The van der Waals surface area contributed by atoms with Crippen molar-refractivity contribution in [3.05, 3.63) is 0 Å². The molecule has 0 aromatic heterocycles. The number of hydrogen-bond donors (Lipinski definition) is 3. The molecule has 4 heteroatoms. The summed E-state index contributed by atoms with van der Waals surface area (Å²) in [4.78, 5) is 10.6. The van der Waals surface area contributed by atoms with Crippen molar-refractivity contribution in [1.29, 1.82) is 0 Å². The van der Waals surface area contributed by atoms with E-state index in [0.717, 1.165) is 13.0 Å². The Balaban J connectivity index is 2.24. The first-order valence-electron chi connectivity index (χ1n) is 3.83. The van der Waals surface area contributed by atoms with Gasteiger partial charge in [0.25, 0.3) is 0 Å². The smallest absolute Gasteiger partial charge is 0.217 e. The average Bonchev–Trinajstić information content (AvgIpc) is 2.34.